The van der Waals surface area contributed by atoms with Gasteiger partial charge < -0.3 is 9.13 Å². The van der Waals surface area contributed by atoms with Gasteiger partial charge in [-0.15, -0.1) is 0 Å². The monoisotopic (exact) mass is 692 g/mol. The van der Waals surface area contributed by atoms with Gasteiger partial charge in [0.1, 0.15) is 0 Å². The van der Waals surface area contributed by atoms with Gasteiger partial charge in [0.05, 0.1) is 51.0 Å². The number of nitriles is 2. The average molecular weight is 693 g/mol. The lowest BCUT2D eigenvalue weighted by molar-refractivity contribution is 1.18. The molecule has 2 heterocycles. The summed E-state index contributed by atoms with van der Waals surface area (Å²) in [5, 5.41) is 26.7. The summed E-state index contributed by atoms with van der Waals surface area (Å²) in [5.41, 5.74) is 11.6. The first-order valence-electron chi connectivity index (χ1n) is 17.9. The van der Waals surface area contributed by atoms with Gasteiger partial charge in [0.25, 0.3) is 0 Å². The molecular formula is C50H36N4. The summed E-state index contributed by atoms with van der Waals surface area (Å²) < 4.78 is 4.78. The molecule has 0 atom stereocenters. The largest absolute Gasteiger partial charge is 0.309 e. The Labute approximate surface area is 314 Å². The standard InChI is InChI=1S/C42H24N4.C8H12/c43-25-29-11-8-12-30(26-44)40(29)28-20-21-32-27(24-28)10-9-19-36(32)46-37-17-6-4-15-33(37)34-22-23-39-41(42(34)46)35-16-5-7-18-38(35)45(39)31-13-2-1-3-14-31;1-5-6-8(4)7(2)3/h1-24H;5-6H,1-2H2,3-4H3/b;8-6+. The second kappa shape index (κ2) is 14.0. The summed E-state index contributed by atoms with van der Waals surface area (Å²) >= 11 is 0. The number of hydrogen-bond acceptors (Lipinski definition) is 2. The Morgan fingerprint density at radius 3 is 1.89 bits per heavy atom. The highest BCUT2D eigenvalue weighted by Gasteiger charge is 2.21. The van der Waals surface area contributed by atoms with Gasteiger partial charge in [-0.2, -0.15) is 10.5 Å². The molecule has 0 spiro atoms. The van der Waals surface area contributed by atoms with Gasteiger partial charge in [0, 0.05) is 38.2 Å². The summed E-state index contributed by atoms with van der Waals surface area (Å²) in [6.45, 7) is 11.3. The van der Waals surface area contributed by atoms with Gasteiger partial charge >= 0.3 is 0 Å². The first-order chi connectivity index (χ1) is 26.4. The van der Waals surface area contributed by atoms with Crippen molar-refractivity contribution in [3.63, 3.8) is 0 Å². The number of nitrogens with zero attached hydrogens (tertiary/aromatic N) is 4. The highest BCUT2D eigenvalue weighted by Crippen LogP contribution is 2.43. The zero-order chi connectivity index (χ0) is 37.3. The maximum atomic E-state index is 9.86. The normalized spacial score (nSPS) is 11.4. The fourth-order valence-corrected chi connectivity index (χ4v) is 7.60. The van der Waals surface area contributed by atoms with Crippen LogP contribution >= 0.6 is 0 Å². The van der Waals surface area contributed by atoms with E-state index in [1.807, 2.05) is 26.0 Å². The molecule has 7 aromatic carbocycles. The second-order valence-corrected chi connectivity index (χ2v) is 13.4. The molecule has 0 aliphatic heterocycles. The first-order valence-corrected chi connectivity index (χ1v) is 17.9. The van der Waals surface area contributed by atoms with Crippen molar-refractivity contribution in [2.45, 2.75) is 13.8 Å². The Kier molecular flexibility index (Phi) is 8.72. The SMILES string of the molecule is C=C/C=C(\C)C(=C)C.N#Cc1cccc(C#N)c1-c1ccc2c(-n3c4ccccc4c4ccc5c(c6ccccc6n5-c5ccccc5)c43)cccc2c1. The van der Waals surface area contributed by atoms with Gasteiger partial charge in [-0.25, -0.2) is 0 Å². The van der Waals surface area contributed by atoms with E-state index in [9.17, 15) is 10.5 Å². The van der Waals surface area contributed by atoms with Crippen molar-refractivity contribution in [3.8, 4) is 34.6 Å². The summed E-state index contributed by atoms with van der Waals surface area (Å²) in [7, 11) is 0. The third kappa shape index (κ3) is 5.55. The lowest BCUT2D eigenvalue weighted by atomic mass is 9.93. The predicted octanol–water partition coefficient (Wildman–Crippen LogP) is 13.1. The highest BCUT2D eigenvalue weighted by atomic mass is 15.0. The molecule has 9 aromatic rings. The van der Waals surface area contributed by atoms with E-state index >= 15 is 0 Å². The van der Waals surface area contributed by atoms with Crippen LogP contribution in [0, 0.1) is 22.7 Å². The second-order valence-electron chi connectivity index (χ2n) is 13.4. The Balaban J connectivity index is 0.000000468. The number of fused-ring (bicyclic) bond motifs is 8. The van der Waals surface area contributed by atoms with Crippen LogP contribution in [0.5, 0.6) is 0 Å². The molecule has 9 rings (SSSR count). The van der Waals surface area contributed by atoms with Crippen molar-refractivity contribution in [2.75, 3.05) is 0 Å². The van der Waals surface area contributed by atoms with Crippen LogP contribution in [-0.4, -0.2) is 9.13 Å². The lowest BCUT2D eigenvalue weighted by Gasteiger charge is -2.14. The van der Waals surface area contributed by atoms with Crippen molar-refractivity contribution >= 4 is 54.4 Å². The summed E-state index contributed by atoms with van der Waals surface area (Å²) in [6, 6.07) is 54.9. The van der Waals surface area contributed by atoms with Crippen molar-refractivity contribution in [2.24, 2.45) is 0 Å². The Morgan fingerprint density at radius 2 is 1.22 bits per heavy atom. The third-order valence-corrected chi connectivity index (χ3v) is 10.2. The van der Waals surface area contributed by atoms with Gasteiger partial charge in [-0.1, -0.05) is 122 Å². The number of aromatic nitrogens is 2. The minimum atomic E-state index is 0.495. The summed E-state index contributed by atoms with van der Waals surface area (Å²) in [6.07, 6.45) is 3.71. The Morgan fingerprint density at radius 1 is 0.593 bits per heavy atom. The van der Waals surface area contributed by atoms with E-state index in [0.29, 0.717) is 16.7 Å². The van der Waals surface area contributed by atoms with E-state index in [1.165, 1.54) is 38.2 Å². The molecule has 0 fully saturated rings. The van der Waals surface area contributed by atoms with Crippen LogP contribution in [0.4, 0.5) is 0 Å². The molecule has 4 heteroatoms. The Hall–Kier alpha value is -7.40. The smallest absolute Gasteiger partial charge is 0.0998 e. The molecule has 0 aliphatic rings. The van der Waals surface area contributed by atoms with Gasteiger partial charge in [-0.05, 0) is 85.0 Å². The van der Waals surface area contributed by atoms with Crippen LogP contribution in [0.2, 0.25) is 0 Å². The molecule has 54 heavy (non-hydrogen) atoms. The van der Waals surface area contributed by atoms with Crippen molar-refractivity contribution in [3.05, 3.63) is 193 Å². The van der Waals surface area contributed by atoms with Crippen LogP contribution in [0.3, 0.4) is 0 Å². The molecule has 0 radical (unpaired) electrons. The van der Waals surface area contributed by atoms with Crippen molar-refractivity contribution < 1.29 is 0 Å². The molecule has 0 saturated carbocycles. The maximum Gasteiger partial charge on any atom is 0.0998 e. The molecule has 256 valence electrons. The fraction of sp³-hybridized carbons (Fsp3) is 0.0400. The average Bonchev–Trinajstić information content (AvgIpc) is 3.73. The van der Waals surface area contributed by atoms with E-state index in [1.54, 1.807) is 24.3 Å². The van der Waals surface area contributed by atoms with Crippen LogP contribution in [0.15, 0.2) is 182 Å². The van der Waals surface area contributed by atoms with Gasteiger partial charge in [0.15, 0.2) is 0 Å². The number of para-hydroxylation sites is 3. The maximum absolute atomic E-state index is 9.86. The van der Waals surface area contributed by atoms with E-state index in [0.717, 1.165) is 44.3 Å². The molecule has 0 aliphatic carbocycles. The van der Waals surface area contributed by atoms with Crippen molar-refractivity contribution in [1.29, 1.82) is 10.5 Å². The van der Waals surface area contributed by atoms with Crippen LogP contribution in [-0.2, 0) is 0 Å². The quantitative estimate of drug-likeness (QED) is 0.169. The molecule has 0 unspecified atom stereocenters. The molecular weight excluding hydrogens is 657 g/mol. The number of allylic oxidation sites excluding steroid dienone is 4. The minimum Gasteiger partial charge on any atom is -0.309 e. The van der Waals surface area contributed by atoms with Crippen LogP contribution in [0.25, 0.3) is 76.9 Å². The molecule has 0 N–H and O–H groups in total. The zero-order valence-corrected chi connectivity index (χ0v) is 30.2. The molecule has 0 bridgehead atoms. The van der Waals surface area contributed by atoms with Gasteiger partial charge in [0.2, 0.25) is 0 Å². The third-order valence-electron chi connectivity index (χ3n) is 10.2. The number of hydrogen-bond donors (Lipinski definition) is 0. The summed E-state index contributed by atoms with van der Waals surface area (Å²) in [4.78, 5) is 0. The van der Waals surface area contributed by atoms with Crippen molar-refractivity contribution in [1.82, 2.24) is 9.13 Å². The number of rotatable bonds is 5. The van der Waals surface area contributed by atoms with Crippen LogP contribution in [0.1, 0.15) is 25.0 Å². The Bertz CT molecular complexity index is 3030. The number of benzene rings is 7. The molecule has 4 nitrogen and oxygen atoms in total. The molecule has 0 saturated heterocycles. The van der Waals surface area contributed by atoms with Gasteiger partial charge in [-0.3, -0.25) is 0 Å². The van der Waals surface area contributed by atoms with E-state index in [2.05, 4.69) is 156 Å². The zero-order valence-electron chi connectivity index (χ0n) is 30.2. The topological polar surface area (TPSA) is 57.4 Å². The van der Waals surface area contributed by atoms with E-state index < -0.39 is 0 Å². The fourth-order valence-electron chi connectivity index (χ4n) is 7.60. The van der Waals surface area contributed by atoms with E-state index in [-0.39, 0.29) is 0 Å². The summed E-state index contributed by atoms with van der Waals surface area (Å²) in [5.74, 6) is 0. The highest BCUT2D eigenvalue weighted by molar-refractivity contribution is 6.26. The molecule has 0 amide bonds. The first kappa shape index (κ1) is 33.7. The van der Waals surface area contributed by atoms with E-state index in [4.69, 9.17) is 0 Å². The molecule has 2 aromatic heterocycles. The lowest BCUT2D eigenvalue weighted by Crippen LogP contribution is -1.97. The predicted molar refractivity (Wildman–Crippen MR) is 226 cm³/mol. The van der Waals surface area contributed by atoms with Crippen LogP contribution < -0.4 is 0 Å². The minimum absolute atomic E-state index is 0.495.